The van der Waals surface area contributed by atoms with Gasteiger partial charge in [-0.05, 0) is 44.4 Å². The number of aromatic nitrogens is 1. The van der Waals surface area contributed by atoms with Crippen LogP contribution in [0.25, 0.3) is 0 Å². The van der Waals surface area contributed by atoms with Crippen molar-refractivity contribution in [1.29, 1.82) is 5.26 Å². The molecule has 2 aromatic rings. The van der Waals surface area contributed by atoms with Crippen LogP contribution < -0.4 is 5.32 Å². The van der Waals surface area contributed by atoms with Crippen LogP contribution >= 0.6 is 0 Å². The summed E-state index contributed by atoms with van der Waals surface area (Å²) in [5.74, 6) is 1.20. The Balaban J connectivity index is 1.74. The molecule has 2 aromatic heterocycles. The number of hydrogen-bond acceptors (Lipinski definition) is 5. The standard InChI is InChI=1S/C20H26N4O3/c1-14-15(2)24(12-17-5-4-10-27-17)20(18(14)11-21)22-19(25)13-23-8-6-16(26-3)7-9-23/h4-5,10,16H,6-9,12-13H2,1-3H3,(H,22,25). The van der Waals surface area contributed by atoms with Crippen molar-refractivity contribution in [3.8, 4) is 6.07 Å². The van der Waals surface area contributed by atoms with Gasteiger partial charge in [0.05, 0.1) is 31.0 Å². The van der Waals surface area contributed by atoms with Gasteiger partial charge < -0.3 is 19.0 Å². The molecular formula is C20H26N4O3. The first-order valence-corrected chi connectivity index (χ1v) is 9.20. The van der Waals surface area contributed by atoms with Gasteiger partial charge in [0.1, 0.15) is 17.6 Å². The van der Waals surface area contributed by atoms with E-state index < -0.39 is 0 Å². The maximum absolute atomic E-state index is 12.6. The molecule has 0 atom stereocenters. The molecule has 1 amide bonds. The van der Waals surface area contributed by atoms with Crippen LogP contribution in [0.4, 0.5) is 5.82 Å². The molecule has 3 heterocycles. The lowest BCUT2D eigenvalue weighted by Crippen LogP contribution is -2.41. The fraction of sp³-hybridized carbons (Fsp3) is 0.500. The molecule has 144 valence electrons. The van der Waals surface area contributed by atoms with E-state index in [2.05, 4.69) is 16.3 Å². The molecule has 1 saturated heterocycles. The zero-order valence-electron chi connectivity index (χ0n) is 16.1. The van der Waals surface area contributed by atoms with Gasteiger partial charge in [0.2, 0.25) is 5.91 Å². The van der Waals surface area contributed by atoms with Gasteiger partial charge in [-0.15, -0.1) is 0 Å². The molecule has 0 unspecified atom stereocenters. The van der Waals surface area contributed by atoms with Crippen LogP contribution in [0.3, 0.4) is 0 Å². The van der Waals surface area contributed by atoms with E-state index in [-0.39, 0.29) is 12.0 Å². The molecule has 0 saturated carbocycles. The van der Waals surface area contributed by atoms with Crippen LogP contribution in [0.5, 0.6) is 0 Å². The molecule has 7 heteroatoms. The van der Waals surface area contributed by atoms with Gasteiger partial charge in [-0.3, -0.25) is 9.69 Å². The average molecular weight is 370 g/mol. The zero-order chi connectivity index (χ0) is 19.4. The minimum Gasteiger partial charge on any atom is -0.467 e. The normalized spacial score (nSPS) is 15.6. The number of anilines is 1. The predicted octanol–water partition coefficient (Wildman–Crippen LogP) is 2.67. The number of amides is 1. The highest BCUT2D eigenvalue weighted by molar-refractivity contribution is 5.93. The molecule has 1 fully saturated rings. The smallest absolute Gasteiger partial charge is 0.239 e. The molecular weight excluding hydrogens is 344 g/mol. The van der Waals surface area contributed by atoms with Crippen molar-refractivity contribution in [3.05, 3.63) is 41.0 Å². The van der Waals surface area contributed by atoms with E-state index in [0.717, 1.165) is 42.9 Å². The summed E-state index contributed by atoms with van der Waals surface area (Å²) >= 11 is 0. The van der Waals surface area contributed by atoms with E-state index in [1.807, 2.05) is 30.5 Å². The molecule has 1 aliphatic rings. The Bertz CT molecular complexity index is 825. The number of carbonyl (C=O) groups excluding carboxylic acids is 1. The second-order valence-corrected chi connectivity index (χ2v) is 6.97. The first-order chi connectivity index (χ1) is 13.0. The van der Waals surface area contributed by atoms with E-state index in [9.17, 15) is 10.1 Å². The lowest BCUT2D eigenvalue weighted by molar-refractivity contribution is -0.118. The molecule has 1 N–H and O–H groups in total. The number of rotatable bonds is 6. The molecule has 0 radical (unpaired) electrons. The number of likely N-dealkylation sites (tertiary alicyclic amines) is 1. The molecule has 7 nitrogen and oxygen atoms in total. The number of nitrogens with zero attached hydrogens (tertiary/aromatic N) is 3. The molecule has 1 aliphatic heterocycles. The molecule has 3 rings (SSSR count). The number of hydrogen-bond donors (Lipinski definition) is 1. The first kappa shape index (κ1) is 19.2. The van der Waals surface area contributed by atoms with Crippen molar-refractivity contribution >= 4 is 11.7 Å². The van der Waals surface area contributed by atoms with Crippen molar-refractivity contribution in [2.45, 2.75) is 39.3 Å². The van der Waals surface area contributed by atoms with Crippen LogP contribution in [-0.2, 0) is 16.1 Å². The number of ether oxygens (including phenoxy) is 1. The Hall–Kier alpha value is -2.56. The van der Waals surface area contributed by atoms with Gasteiger partial charge >= 0.3 is 0 Å². The third-order valence-corrected chi connectivity index (χ3v) is 5.33. The highest BCUT2D eigenvalue weighted by atomic mass is 16.5. The van der Waals surface area contributed by atoms with E-state index in [0.29, 0.717) is 24.5 Å². The molecule has 0 spiro atoms. The van der Waals surface area contributed by atoms with Gasteiger partial charge in [0, 0.05) is 25.9 Å². The minimum atomic E-state index is -0.111. The van der Waals surface area contributed by atoms with Crippen LogP contribution in [0, 0.1) is 25.2 Å². The first-order valence-electron chi connectivity index (χ1n) is 9.20. The second kappa shape index (κ2) is 8.42. The van der Waals surface area contributed by atoms with Gasteiger partial charge in [-0.1, -0.05) is 0 Å². The van der Waals surface area contributed by atoms with Crippen molar-refractivity contribution in [2.24, 2.45) is 0 Å². The van der Waals surface area contributed by atoms with Crippen LogP contribution in [0.15, 0.2) is 22.8 Å². The third-order valence-electron chi connectivity index (χ3n) is 5.33. The molecule has 0 aliphatic carbocycles. The molecule has 0 aromatic carbocycles. The van der Waals surface area contributed by atoms with E-state index in [1.54, 1.807) is 13.4 Å². The highest BCUT2D eigenvalue weighted by Crippen LogP contribution is 2.27. The summed E-state index contributed by atoms with van der Waals surface area (Å²) in [4.78, 5) is 14.8. The van der Waals surface area contributed by atoms with Gasteiger partial charge in [0.25, 0.3) is 0 Å². The van der Waals surface area contributed by atoms with Crippen molar-refractivity contribution in [1.82, 2.24) is 9.47 Å². The summed E-state index contributed by atoms with van der Waals surface area (Å²) in [6.45, 7) is 6.30. The zero-order valence-corrected chi connectivity index (χ0v) is 16.1. The second-order valence-electron chi connectivity index (χ2n) is 6.97. The van der Waals surface area contributed by atoms with E-state index in [1.165, 1.54) is 0 Å². The highest BCUT2D eigenvalue weighted by Gasteiger charge is 2.23. The minimum absolute atomic E-state index is 0.111. The maximum atomic E-state index is 12.6. The van der Waals surface area contributed by atoms with Crippen molar-refractivity contribution < 1.29 is 13.9 Å². The average Bonchev–Trinajstić information content (AvgIpc) is 3.25. The summed E-state index contributed by atoms with van der Waals surface area (Å²) in [5, 5.41) is 12.6. The van der Waals surface area contributed by atoms with Gasteiger partial charge in [-0.2, -0.15) is 5.26 Å². The summed E-state index contributed by atoms with van der Waals surface area (Å²) in [6, 6.07) is 5.94. The Morgan fingerprint density at radius 3 is 2.74 bits per heavy atom. The van der Waals surface area contributed by atoms with Crippen molar-refractivity contribution in [3.63, 3.8) is 0 Å². The lowest BCUT2D eigenvalue weighted by Gasteiger charge is -2.30. The van der Waals surface area contributed by atoms with E-state index >= 15 is 0 Å². The van der Waals surface area contributed by atoms with Crippen LogP contribution in [0.1, 0.15) is 35.4 Å². The monoisotopic (exact) mass is 370 g/mol. The Labute approximate surface area is 159 Å². The SMILES string of the molecule is COC1CCN(CC(=O)Nc2c(C#N)c(C)c(C)n2Cc2ccco2)CC1. The molecule has 27 heavy (non-hydrogen) atoms. The van der Waals surface area contributed by atoms with Crippen LogP contribution in [0.2, 0.25) is 0 Å². The number of piperidine rings is 1. The summed E-state index contributed by atoms with van der Waals surface area (Å²) in [5.41, 5.74) is 2.32. The number of nitrogens with one attached hydrogen (secondary N) is 1. The third kappa shape index (κ3) is 4.24. The quantitative estimate of drug-likeness (QED) is 0.845. The Morgan fingerprint density at radius 2 is 2.15 bits per heavy atom. The van der Waals surface area contributed by atoms with Gasteiger partial charge in [-0.25, -0.2) is 0 Å². The van der Waals surface area contributed by atoms with Gasteiger partial charge in [0.15, 0.2) is 0 Å². The number of nitriles is 1. The molecule has 0 bridgehead atoms. The maximum Gasteiger partial charge on any atom is 0.239 e. The lowest BCUT2D eigenvalue weighted by atomic mass is 10.1. The summed E-state index contributed by atoms with van der Waals surface area (Å²) in [6.07, 6.45) is 3.76. The number of furan rings is 1. The van der Waals surface area contributed by atoms with Crippen LogP contribution in [-0.4, -0.2) is 48.2 Å². The van der Waals surface area contributed by atoms with Crippen molar-refractivity contribution in [2.75, 3.05) is 32.1 Å². The predicted molar refractivity (Wildman–Crippen MR) is 102 cm³/mol. The topological polar surface area (TPSA) is 83.4 Å². The largest absolute Gasteiger partial charge is 0.467 e. The van der Waals surface area contributed by atoms with E-state index in [4.69, 9.17) is 9.15 Å². The summed E-state index contributed by atoms with van der Waals surface area (Å²) < 4.78 is 12.7. The summed E-state index contributed by atoms with van der Waals surface area (Å²) in [7, 11) is 1.73. The Morgan fingerprint density at radius 1 is 1.41 bits per heavy atom. The number of methoxy groups -OCH3 is 1. The fourth-order valence-corrected chi connectivity index (χ4v) is 3.56. The fourth-order valence-electron chi connectivity index (χ4n) is 3.56. The Kier molecular flexibility index (Phi) is 5.99. The number of carbonyl (C=O) groups is 1.